The first-order valence-electron chi connectivity index (χ1n) is 9.60. The van der Waals surface area contributed by atoms with Crippen LogP contribution in [0.15, 0.2) is 65.7 Å². The van der Waals surface area contributed by atoms with Crippen molar-refractivity contribution in [2.75, 3.05) is 19.4 Å². The van der Waals surface area contributed by atoms with Crippen molar-refractivity contribution < 1.29 is 0 Å². The minimum atomic E-state index is 0.790. The third-order valence-electron chi connectivity index (χ3n) is 3.89. The Morgan fingerprint density at radius 3 is 2.38 bits per heavy atom. The van der Waals surface area contributed by atoms with Gasteiger partial charge in [0, 0.05) is 28.9 Å². The summed E-state index contributed by atoms with van der Waals surface area (Å²) in [4.78, 5) is 10.3. The molecule has 0 aliphatic heterocycles. The monoisotopic (exact) mass is 406 g/mol. The Labute approximate surface area is 176 Å². The first-order valence-corrected chi connectivity index (χ1v) is 10.4. The van der Waals surface area contributed by atoms with E-state index in [9.17, 15) is 0 Å². The molecule has 0 spiro atoms. The van der Waals surface area contributed by atoms with Crippen LogP contribution >= 0.6 is 11.9 Å². The van der Waals surface area contributed by atoms with Crippen LogP contribution in [-0.2, 0) is 0 Å². The largest absolute Gasteiger partial charge is 0.340 e. The zero-order valence-electron chi connectivity index (χ0n) is 17.4. The molecule has 1 N–H and O–H groups in total. The quantitative estimate of drug-likeness (QED) is 0.446. The molecule has 0 saturated carbocycles. The van der Waals surface area contributed by atoms with Crippen molar-refractivity contribution >= 4 is 29.1 Å². The van der Waals surface area contributed by atoms with Crippen molar-refractivity contribution in [3.05, 3.63) is 66.5 Å². The van der Waals surface area contributed by atoms with Gasteiger partial charge >= 0.3 is 0 Å². The first-order chi connectivity index (χ1) is 14.1. The van der Waals surface area contributed by atoms with E-state index in [1.54, 1.807) is 18.1 Å². The normalized spacial score (nSPS) is 10.7. The molecule has 3 heterocycles. The van der Waals surface area contributed by atoms with Gasteiger partial charge in [-0.3, -0.25) is 9.29 Å². The molecule has 4 aromatic rings. The van der Waals surface area contributed by atoms with Crippen LogP contribution in [-0.4, -0.2) is 38.0 Å². The summed E-state index contributed by atoms with van der Waals surface area (Å²) in [5.74, 6) is 0.849. The highest BCUT2D eigenvalue weighted by Crippen LogP contribution is 2.26. The van der Waals surface area contributed by atoms with Crippen LogP contribution in [0.4, 0.5) is 11.5 Å². The molecule has 3 aromatic heterocycles. The molecule has 0 bridgehead atoms. The molecular formula is C22H26N6S. The van der Waals surface area contributed by atoms with Crippen LogP contribution in [0.3, 0.4) is 0 Å². The van der Waals surface area contributed by atoms with Gasteiger partial charge in [-0.1, -0.05) is 19.9 Å². The minimum Gasteiger partial charge on any atom is -0.340 e. The lowest BCUT2D eigenvalue weighted by molar-refractivity contribution is 0.702. The Kier molecular flexibility index (Phi) is 6.85. The van der Waals surface area contributed by atoms with E-state index >= 15 is 0 Å². The number of fused-ring (bicyclic) bond motifs is 1. The summed E-state index contributed by atoms with van der Waals surface area (Å²) < 4.78 is 3.89. The smallest absolute Gasteiger partial charge is 0.158 e. The molecule has 0 fully saturated rings. The van der Waals surface area contributed by atoms with E-state index in [2.05, 4.69) is 44.0 Å². The molecule has 7 heteroatoms. The van der Waals surface area contributed by atoms with E-state index in [1.165, 1.54) is 4.90 Å². The van der Waals surface area contributed by atoms with Crippen molar-refractivity contribution in [2.45, 2.75) is 25.7 Å². The lowest BCUT2D eigenvalue weighted by Gasteiger charge is -2.12. The number of aryl methyl sites for hydroxylation is 1. The summed E-state index contributed by atoms with van der Waals surface area (Å²) in [7, 11) is 4.06. The lowest BCUT2D eigenvalue weighted by atomic mass is 10.2. The average molecular weight is 407 g/mol. The second-order valence-corrected chi connectivity index (χ2v) is 7.73. The number of nitrogens with zero attached hydrogens (tertiary/aromatic N) is 5. The highest BCUT2D eigenvalue weighted by molar-refractivity contribution is 7.97. The molecule has 0 amide bonds. The van der Waals surface area contributed by atoms with Gasteiger partial charge in [-0.25, -0.2) is 4.98 Å². The fourth-order valence-electron chi connectivity index (χ4n) is 2.78. The van der Waals surface area contributed by atoms with Gasteiger partial charge in [0.1, 0.15) is 5.82 Å². The fraction of sp³-hybridized carbons (Fsp3) is 0.227. The van der Waals surface area contributed by atoms with Crippen LogP contribution in [0.2, 0.25) is 0 Å². The van der Waals surface area contributed by atoms with E-state index < -0.39 is 0 Å². The summed E-state index contributed by atoms with van der Waals surface area (Å²) in [6, 6.07) is 18.1. The number of aromatic nitrogens is 4. The summed E-state index contributed by atoms with van der Waals surface area (Å²) in [5, 5.41) is 8.02. The number of nitrogens with one attached hydrogen (secondary N) is 1. The Morgan fingerprint density at radius 2 is 1.72 bits per heavy atom. The second-order valence-electron chi connectivity index (χ2n) is 6.35. The predicted octanol–water partition coefficient (Wildman–Crippen LogP) is 5.44. The Bertz CT molecular complexity index is 1060. The van der Waals surface area contributed by atoms with Gasteiger partial charge in [-0.2, -0.15) is 9.61 Å². The van der Waals surface area contributed by atoms with E-state index in [0.717, 1.165) is 34.2 Å². The lowest BCUT2D eigenvalue weighted by Crippen LogP contribution is -2.03. The van der Waals surface area contributed by atoms with E-state index in [1.807, 2.05) is 69.7 Å². The molecule has 1 aromatic carbocycles. The second kappa shape index (κ2) is 9.54. The predicted molar refractivity (Wildman–Crippen MR) is 122 cm³/mol. The number of rotatable bonds is 5. The van der Waals surface area contributed by atoms with Crippen LogP contribution in [0.25, 0.3) is 17.0 Å². The van der Waals surface area contributed by atoms with Crippen molar-refractivity contribution in [1.29, 1.82) is 0 Å². The van der Waals surface area contributed by atoms with Gasteiger partial charge in [0.2, 0.25) is 0 Å². The molecule has 0 atom stereocenters. The Morgan fingerprint density at radius 1 is 0.966 bits per heavy atom. The molecule has 150 valence electrons. The Balaban J connectivity index is 0.00000117. The van der Waals surface area contributed by atoms with E-state index in [-0.39, 0.29) is 0 Å². The van der Waals surface area contributed by atoms with Gasteiger partial charge in [0.15, 0.2) is 5.65 Å². The molecule has 0 unspecified atom stereocenters. The number of hydrogen-bond acceptors (Lipinski definition) is 6. The molecule has 4 rings (SSSR count). The maximum absolute atomic E-state index is 4.70. The summed E-state index contributed by atoms with van der Waals surface area (Å²) >= 11 is 1.69. The number of anilines is 2. The van der Waals surface area contributed by atoms with Gasteiger partial charge in [-0.05, 0) is 69.4 Å². The minimum absolute atomic E-state index is 0.790. The molecule has 29 heavy (non-hydrogen) atoms. The highest BCUT2D eigenvalue weighted by atomic mass is 32.2. The Hall–Kier alpha value is -2.90. The molecule has 0 radical (unpaired) electrons. The van der Waals surface area contributed by atoms with E-state index in [4.69, 9.17) is 4.98 Å². The van der Waals surface area contributed by atoms with Crippen LogP contribution in [0, 0.1) is 6.92 Å². The highest BCUT2D eigenvalue weighted by Gasteiger charge is 2.11. The van der Waals surface area contributed by atoms with Crippen LogP contribution < -0.4 is 5.32 Å². The number of benzene rings is 1. The van der Waals surface area contributed by atoms with Gasteiger partial charge < -0.3 is 5.32 Å². The van der Waals surface area contributed by atoms with E-state index in [0.29, 0.717) is 0 Å². The van der Waals surface area contributed by atoms with Crippen LogP contribution in [0.1, 0.15) is 19.5 Å². The molecule has 0 saturated heterocycles. The maximum Gasteiger partial charge on any atom is 0.158 e. The molecule has 0 aliphatic carbocycles. The number of pyridine rings is 1. The van der Waals surface area contributed by atoms with Gasteiger partial charge in [-0.15, -0.1) is 0 Å². The SMILES string of the molecule is CC.Cc1cc2nc(-c3ccccn3)cc(Nc3ccc(SN(C)C)cc3)n2n1. The summed E-state index contributed by atoms with van der Waals surface area (Å²) in [5.41, 5.74) is 4.34. The third-order valence-corrected chi connectivity index (χ3v) is 4.74. The van der Waals surface area contributed by atoms with Crippen molar-refractivity contribution in [3.8, 4) is 11.4 Å². The molecule has 0 aliphatic rings. The third kappa shape index (κ3) is 5.13. The van der Waals surface area contributed by atoms with Gasteiger partial charge in [0.25, 0.3) is 0 Å². The first kappa shape index (κ1) is 20.8. The number of hydrogen-bond donors (Lipinski definition) is 1. The average Bonchev–Trinajstić information content (AvgIpc) is 3.12. The zero-order chi connectivity index (χ0) is 20.8. The van der Waals surface area contributed by atoms with Crippen molar-refractivity contribution in [2.24, 2.45) is 0 Å². The summed E-state index contributed by atoms with van der Waals surface area (Å²) in [6.45, 7) is 5.96. The fourth-order valence-corrected chi connectivity index (χ4v) is 3.46. The van der Waals surface area contributed by atoms with Crippen molar-refractivity contribution in [1.82, 2.24) is 23.9 Å². The molecular weight excluding hydrogens is 380 g/mol. The topological polar surface area (TPSA) is 58.4 Å². The van der Waals surface area contributed by atoms with Crippen molar-refractivity contribution in [3.63, 3.8) is 0 Å². The maximum atomic E-state index is 4.70. The van der Waals surface area contributed by atoms with Gasteiger partial charge in [0.05, 0.1) is 17.1 Å². The standard InChI is InChI=1S/C20H20N6S.C2H6/c1-14-12-19-23-18(17-6-4-5-11-21-17)13-20(26(19)24-14)22-15-7-9-16(10-8-15)27-25(2)3;1-2/h4-13,22H,1-3H3;1-2H3. The zero-order valence-corrected chi connectivity index (χ0v) is 18.2. The van der Waals surface area contributed by atoms with Crippen LogP contribution in [0.5, 0.6) is 0 Å². The summed E-state index contributed by atoms with van der Waals surface area (Å²) in [6.07, 6.45) is 1.77. The molecule has 6 nitrogen and oxygen atoms in total.